The minimum atomic E-state index is 0.311. The number of aldehydes is 1. The summed E-state index contributed by atoms with van der Waals surface area (Å²) in [4.78, 5) is 12.5. The molecule has 0 fully saturated rings. The van der Waals surface area contributed by atoms with Crippen LogP contribution in [0, 0.1) is 5.41 Å². The summed E-state index contributed by atoms with van der Waals surface area (Å²) in [7, 11) is 0. The highest BCUT2D eigenvalue weighted by molar-refractivity contribution is 7.13. The van der Waals surface area contributed by atoms with Crippen LogP contribution in [0.5, 0.6) is 0 Å². The van der Waals surface area contributed by atoms with Crippen LogP contribution in [0.1, 0.15) is 35.3 Å². The second-order valence-corrected chi connectivity index (χ2v) is 5.36. The summed E-state index contributed by atoms with van der Waals surface area (Å²) in [5.74, 6) is 0. The van der Waals surface area contributed by atoms with Crippen molar-refractivity contribution in [3.63, 3.8) is 0 Å². The molecule has 1 heterocycles. The lowest BCUT2D eigenvalue weighted by molar-refractivity contribution is 0.112. The molecule has 0 saturated heterocycles. The number of rotatable bonds is 2. The van der Waals surface area contributed by atoms with Crippen molar-refractivity contribution in [1.82, 2.24) is 0 Å². The Labute approximate surface area is 77.4 Å². The van der Waals surface area contributed by atoms with E-state index in [4.69, 9.17) is 0 Å². The van der Waals surface area contributed by atoms with E-state index >= 15 is 0 Å². The minimum Gasteiger partial charge on any atom is -0.297 e. The van der Waals surface area contributed by atoms with Crippen LogP contribution in [0.25, 0.3) is 0 Å². The molecule has 1 rings (SSSR count). The number of carbonyl (C=O) groups excluding carboxylic acids is 1. The molecule has 2 heteroatoms. The van der Waals surface area contributed by atoms with E-state index in [1.54, 1.807) is 11.3 Å². The van der Waals surface area contributed by atoms with Gasteiger partial charge in [-0.05, 0) is 24.0 Å². The van der Waals surface area contributed by atoms with E-state index in [9.17, 15) is 4.79 Å². The van der Waals surface area contributed by atoms with E-state index in [-0.39, 0.29) is 0 Å². The summed E-state index contributed by atoms with van der Waals surface area (Å²) in [6.07, 6.45) is 1.96. The van der Waals surface area contributed by atoms with E-state index < -0.39 is 0 Å². The fourth-order valence-electron chi connectivity index (χ4n) is 1.08. The Morgan fingerprint density at radius 1 is 1.42 bits per heavy atom. The molecule has 0 aromatic carbocycles. The maximum atomic E-state index is 10.4. The second-order valence-electron chi connectivity index (χ2n) is 4.16. The van der Waals surface area contributed by atoms with E-state index in [1.165, 1.54) is 4.88 Å². The second kappa shape index (κ2) is 3.40. The normalized spacial score (nSPS) is 11.6. The van der Waals surface area contributed by atoms with Crippen molar-refractivity contribution < 1.29 is 4.79 Å². The first-order valence-corrected chi connectivity index (χ1v) is 4.87. The van der Waals surface area contributed by atoms with Gasteiger partial charge in [-0.25, -0.2) is 0 Å². The Hall–Kier alpha value is -0.630. The first-order valence-electron chi connectivity index (χ1n) is 4.05. The van der Waals surface area contributed by atoms with Crippen LogP contribution in [0.15, 0.2) is 12.1 Å². The summed E-state index contributed by atoms with van der Waals surface area (Å²) in [6, 6.07) is 3.93. The van der Waals surface area contributed by atoms with Crippen LogP contribution < -0.4 is 0 Å². The molecule has 1 aromatic heterocycles. The van der Waals surface area contributed by atoms with Gasteiger partial charge in [-0.1, -0.05) is 20.8 Å². The summed E-state index contributed by atoms with van der Waals surface area (Å²) < 4.78 is 0. The van der Waals surface area contributed by atoms with Crippen molar-refractivity contribution in [3.8, 4) is 0 Å². The SMILES string of the molecule is CC(C)(C)Cc1ccc(C=O)s1. The van der Waals surface area contributed by atoms with E-state index in [0.717, 1.165) is 17.6 Å². The lowest BCUT2D eigenvalue weighted by Crippen LogP contribution is -2.07. The van der Waals surface area contributed by atoms with Gasteiger partial charge in [-0.15, -0.1) is 11.3 Å². The standard InChI is InChI=1S/C10H14OS/c1-10(2,3)6-8-4-5-9(7-11)12-8/h4-5,7H,6H2,1-3H3. The van der Waals surface area contributed by atoms with Gasteiger partial charge in [0.1, 0.15) is 0 Å². The average molecular weight is 182 g/mol. The smallest absolute Gasteiger partial charge is 0.160 e. The first-order chi connectivity index (χ1) is 5.51. The Balaban J connectivity index is 2.70. The van der Waals surface area contributed by atoms with Gasteiger partial charge in [0, 0.05) is 4.88 Å². The predicted molar refractivity (Wildman–Crippen MR) is 52.9 cm³/mol. The summed E-state index contributed by atoms with van der Waals surface area (Å²) in [5.41, 5.74) is 0.311. The molecule has 0 bridgehead atoms. The van der Waals surface area contributed by atoms with Gasteiger partial charge >= 0.3 is 0 Å². The maximum Gasteiger partial charge on any atom is 0.160 e. The molecule has 12 heavy (non-hydrogen) atoms. The number of hydrogen-bond donors (Lipinski definition) is 0. The van der Waals surface area contributed by atoms with Crippen molar-refractivity contribution in [2.24, 2.45) is 5.41 Å². The van der Waals surface area contributed by atoms with Gasteiger partial charge in [-0.2, -0.15) is 0 Å². The van der Waals surface area contributed by atoms with Crippen molar-refractivity contribution in [2.45, 2.75) is 27.2 Å². The van der Waals surface area contributed by atoms with Crippen molar-refractivity contribution in [2.75, 3.05) is 0 Å². The molecule has 0 aliphatic carbocycles. The maximum absolute atomic E-state index is 10.4. The fourth-order valence-corrected chi connectivity index (χ4v) is 2.20. The molecular weight excluding hydrogens is 168 g/mol. The highest BCUT2D eigenvalue weighted by Gasteiger charge is 2.12. The molecule has 0 aliphatic heterocycles. The minimum absolute atomic E-state index is 0.311. The molecule has 0 atom stereocenters. The Bertz CT molecular complexity index is 268. The third-order valence-corrected chi connectivity index (χ3v) is 2.51. The van der Waals surface area contributed by atoms with Crippen LogP contribution in [0.2, 0.25) is 0 Å². The molecule has 1 aromatic rings. The number of carbonyl (C=O) groups is 1. The molecule has 1 nitrogen and oxygen atoms in total. The van der Waals surface area contributed by atoms with Crippen molar-refractivity contribution in [3.05, 3.63) is 21.9 Å². The van der Waals surface area contributed by atoms with Crippen LogP contribution in [0.3, 0.4) is 0 Å². The summed E-state index contributed by atoms with van der Waals surface area (Å²) in [5, 5.41) is 0. The van der Waals surface area contributed by atoms with E-state index in [1.807, 2.05) is 12.1 Å². The molecule has 0 N–H and O–H groups in total. The number of hydrogen-bond acceptors (Lipinski definition) is 2. The molecule has 0 spiro atoms. The zero-order chi connectivity index (χ0) is 9.19. The molecule has 0 radical (unpaired) electrons. The lowest BCUT2D eigenvalue weighted by Gasteiger charge is -2.16. The highest BCUT2D eigenvalue weighted by atomic mass is 32.1. The zero-order valence-corrected chi connectivity index (χ0v) is 8.57. The first kappa shape index (κ1) is 9.46. The van der Waals surface area contributed by atoms with E-state index in [0.29, 0.717) is 5.41 Å². The van der Waals surface area contributed by atoms with Crippen LogP contribution >= 0.6 is 11.3 Å². The Morgan fingerprint density at radius 2 is 2.08 bits per heavy atom. The van der Waals surface area contributed by atoms with Crippen LogP contribution in [0.4, 0.5) is 0 Å². The van der Waals surface area contributed by atoms with Crippen molar-refractivity contribution in [1.29, 1.82) is 0 Å². The summed E-state index contributed by atoms with van der Waals surface area (Å²) >= 11 is 1.59. The molecule has 0 amide bonds. The Kier molecular flexibility index (Phi) is 2.68. The monoisotopic (exact) mass is 182 g/mol. The lowest BCUT2D eigenvalue weighted by atomic mass is 9.92. The van der Waals surface area contributed by atoms with Gasteiger partial charge in [-0.3, -0.25) is 4.79 Å². The number of thiophene rings is 1. The zero-order valence-electron chi connectivity index (χ0n) is 7.76. The van der Waals surface area contributed by atoms with Gasteiger partial charge in [0.25, 0.3) is 0 Å². The predicted octanol–water partition coefficient (Wildman–Crippen LogP) is 3.15. The molecule has 66 valence electrons. The summed E-state index contributed by atoms with van der Waals surface area (Å²) in [6.45, 7) is 6.61. The fraction of sp³-hybridized carbons (Fsp3) is 0.500. The van der Waals surface area contributed by atoms with Gasteiger partial charge in [0.05, 0.1) is 4.88 Å². The molecule has 0 aliphatic rings. The quantitative estimate of drug-likeness (QED) is 0.642. The van der Waals surface area contributed by atoms with Gasteiger partial charge < -0.3 is 0 Å². The third kappa shape index (κ3) is 2.78. The average Bonchev–Trinajstić information content (AvgIpc) is 2.32. The van der Waals surface area contributed by atoms with Gasteiger partial charge in [0.15, 0.2) is 6.29 Å². The van der Waals surface area contributed by atoms with Gasteiger partial charge in [0.2, 0.25) is 0 Å². The van der Waals surface area contributed by atoms with Crippen LogP contribution in [-0.4, -0.2) is 6.29 Å². The third-order valence-electron chi connectivity index (χ3n) is 1.50. The Morgan fingerprint density at radius 3 is 2.50 bits per heavy atom. The van der Waals surface area contributed by atoms with Crippen LogP contribution in [-0.2, 0) is 6.42 Å². The highest BCUT2D eigenvalue weighted by Crippen LogP contribution is 2.25. The molecule has 0 unspecified atom stereocenters. The topological polar surface area (TPSA) is 17.1 Å². The molecule has 0 saturated carbocycles. The largest absolute Gasteiger partial charge is 0.297 e. The molecular formula is C10H14OS. The van der Waals surface area contributed by atoms with Crippen molar-refractivity contribution >= 4 is 17.6 Å². The van der Waals surface area contributed by atoms with E-state index in [2.05, 4.69) is 20.8 Å².